The van der Waals surface area contributed by atoms with E-state index in [4.69, 9.17) is 20.4 Å². The number of hydrogen-bond acceptors (Lipinski definition) is 14. The lowest BCUT2D eigenvalue weighted by molar-refractivity contribution is -0.137. The van der Waals surface area contributed by atoms with E-state index in [0.717, 1.165) is 68.1 Å². The maximum Gasteiger partial charge on any atom is 0.407 e. The number of carbonyl (C=O) groups excluding carboxylic acids is 7. The number of pyridine rings is 1. The number of alkyl carbamates (subject to hydrolysis) is 1. The zero-order valence-electron chi connectivity index (χ0n) is 43.7. The minimum absolute atomic E-state index is 0.0248. The minimum atomic E-state index is -1.04. The number of allylic oxidation sites excluding steroid dienone is 2. The second kappa shape index (κ2) is 25.2. The highest BCUT2D eigenvalue weighted by Crippen LogP contribution is 2.34. The van der Waals surface area contributed by atoms with Crippen molar-refractivity contribution in [1.82, 2.24) is 51.1 Å². The fraction of sp³-hybridized carbons (Fsp3) is 0.382. The molecule has 3 aliphatic heterocycles. The summed E-state index contributed by atoms with van der Waals surface area (Å²) in [4.78, 5) is 107. The molecule has 22 nitrogen and oxygen atoms in total. The number of aliphatic imine (C=N–C) groups is 1. The molecule has 3 atom stereocenters. The van der Waals surface area contributed by atoms with Crippen molar-refractivity contribution in [3.8, 4) is 11.4 Å². The van der Waals surface area contributed by atoms with Gasteiger partial charge in [0.05, 0.1) is 29.7 Å². The van der Waals surface area contributed by atoms with Gasteiger partial charge in [-0.05, 0) is 117 Å². The molecule has 0 spiro atoms. The van der Waals surface area contributed by atoms with E-state index in [1.54, 1.807) is 38.1 Å². The molecule has 5 heterocycles. The van der Waals surface area contributed by atoms with Gasteiger partial charge in [-0.1, -0.05) is 44.5 Å². The van der Waals surface area contributed by atoms with Crippen molar-refractivity contribution in [3.63, 3.8) is 0 Å². The van der Waals surface area contributed by atoms with E-state index in [9.17, 15) is 33.6 Å². The lowest BCUT2D eigenvalue weighted by Gasteiger charge is -2.25. The topological polar surface area (TPSA) is 291 Å². The lowest BCUT2D eigenvalue weighted by atomic mass is 10.0. The molecule has 404 valence electrons. The van der Waals surface area contributed by atoms with Gasteiger partial charge < -0.3 is 47.4 Å². The summed E-state index contributed by atoms with van der Waals surface area (Å²) in [5.41, 5.74) is 13.6. The van der Waals surface area contributed by atoms with Crippen molar-refractivity contribution in [2.45, 2.75) is 103 Å². The van der Waals surface area contributed by atoms with Crippen LogP contribution in [-0.2, 0) is 48.3 Å². The molecule has 22 heteroatoms. The zero-order chi connectivity index (χ0) is 54.6. The highest BCUT2D eigenvalue weighted by Gasteiger charge is 2.30. The summed E-state index contributed by atoms with van der Waals surface area (Å²) in [5, 5.41) is 21.4. The highest BCUT2D eigenvalue weighted by atomic mass is 16.5. The number of amidine groups is 1. The van der Waals surface area contributed by atoms with E-state index in [-0.39, 0.29) is 62.2 Å². The summed E-state index contributed by atoms with van der Waals surface area (Å²) in [6.07, 6.45) is 11.6. The van der Waals surface area contributed by atoms with Crippen LogP contribution in [0.3, 0.4) is 0 Å². The van der Waals surface area contributed by atoms with Gasteiger partial charge in [-0.2, -0.15) is 5.01 Å². The number of benzene rings is 2. The van der Waals surface area contributed by atoms with Crippen molar-refractivity contribution in [3.05, 3.63) is 125 Å². The van der Waals surface area contributed by atoms with E-state index in [0.29, 0.717) is 56.6 Å². The first kappa shape index (κ1) is 54.6. The monoisotopic (exact) mass is 1050 g/mol. The molecule has 4 aromatic rings. The normalized spacial score (nSPS) is 16.4. The number of fused-ring (bicyclic) bond motifs is 2. The van der Waals surface area contributed by atoms with Crippen molar-refractivity contribution in [2.75, 3.05) is 37.4 Å². The maximum absolute atomic E-state index is 13.7. The van der Waals surface area contributed by atoms with Gasteiger partial charge in [-0.15, -0.1) is 0 Å². The SMILES string of the molecule is Cc1cccc(-c2[nH]c(CNc3ccc4c(c3)CCC4NC(=O)OCc3ccc(NC(=O)C(CCCNC(N)=O)NC(=O)[C@@H](NC(=O)CCCCCN4C(=O)C=CC4=O)C(C)C)cc3)nc2C2=CN3C(=NCN3C)C=C2)n1. The Morgan fingerprint density at radius 1 is 0.883 bits per heavy atom. The Labute approximate surface area is 446 Å². The van der Waals surface area contributed by atoms with Crippen LogP contribution >= 0.6 is 0 Å². The van der Waals surface area contributed by atoms with Crippen LogP contribution < -0.4 is 37.6 Å². The molecule has 4 aliphatic rings. The Bertz CT molecular complexity index is 2980. The van der Waals surface area contributed by atoms with Crippen LogP contribution in [0.5, 0.6) is 0 Å². The number of imidazole rings is 1. The third-order valence-electron chi connectivity index (χ3n) is 13.5. The predicted molar refractivity (Wildman–Crippen MR) is 289 cm³/mol. The van der Waals surface area contributed by atoms with Crippen LogP contribution in [0.2, 0.25) is 0 Å². The third kappa shape index (κ3) is 14.4. The van der Waals surface area contributed by atoms with Crippen molar-refractivity contribution >= 4 is 64.4 Å². The number of rotatable bonds is 24. The molecular formula is C55H66N14O8. The Hall–Kier alpha value is -8.66. The first-order chi connectivity index (χ1) is 37.1. The van der Waals surface area contributed by atoms with Gasteiger partial charge in [0.1, 0.15) is 37.0 Å². The zero-order valence-corrected chi connectivity index (χ0v) is 43.7. The number of imide groups is 1. The molecule has 0 saturated heterocycles. The van der Waals surface area contributed by atoms with E-state index in [1.165, 1.54) is 12.2 Å². The van der Waals surface area contributed by atoms with Gasteiger partial charge in [-0.25, -0.2) is 19.6 Å². The number of unbranched alkanes of at least 4 members (excludes halogenated alkanes) is 2. The van der Waals surface area contributed by atoms with Gasteiger partial charge in [0.2, 0.25) is 17.7 Å². The summed E-state index contributed by atoms with van der Waals surface area (Å²) in [6.45, 7) is 6.94. The van der Waals surface area contributed by atoms with Gasteiger partial charge in [0, 0.05) is 67.6 Å². The number of H-pyrrole nitrogens is 1. The molecule has 2 aromatic heterocycles. The van der Waals surface area contributed by atoms with Crippen LogP contribution in [0.25, 0.3) is 17.0 Å². The summed E-state index contributed by atoms with van der Waals surface area (Å²) in [7, 11) is 1.99. The van der Waals surface area contributed by atoms with E-state index >= 15 is 0 Å². The summed E-state index contributed by atoms with van der Waals surface area (Å²) in [5.74, 6) is -0.830. The largest absolute Gasteiger partial charge is 0.445 e. The number of carbonyl (C=O) groups is 7. The highest BCUT2D eigenvalue weighted by molar-refractivity contribution is 6.12. The summed E-state index contributed by atoms with van der Waals surface area (Å²) >= 11 is 0. The molecule has 77 heavy (non-hydrogen) atoms. The van der Waals surface area contributed by atoms with Crippen LogP contribution in [0.1, 0.15) is 98.7 Å². The number of amides is 8. The molecule has 2 aromatic carbocycles. The smallest absolute Gasteiger partial charge is 0.407 e. The molecular weight excluding hydrogens is 985 g/mol. The molecule has 8 rings (SSSR count). The molecule has 1 aliphatic carbocycles. The quantitative estimate of drug-likeness (QED) is 0.0330. The maximum atomic E-state index is 13.7. The van der Waals surface area contributed by atoms with Crippen LogP contribution in [0.4, 0.5) is 21.0 Å². The number of ether oxygens (including phenoxy) is 1. The van der Waals surface area contributed by atoms with E-state index < -0.39 is 36.0 Å². The molecule has 8 amide bonds. The Morgan fingerprint density at radius 2 is 1.66 bits per heavy atom. The number of anilines is 2. The summed E-state index contributed by atoms with van der Waals surface area (Å²) < 4.78 is 5.61. The number of hydrazine groups is 1. The fourth-order valence-electron chi connectivity index (χ4n) is 9.37. The summed E-state index contributed by atoms with van der Waals surface area (Å²) in [6, 6.07) is 15.8. The van der Waals surface area contributed by atoms with Gasteiger partial charge in [0.25, 0.3) is 11.8 Å². The predicted octanol–water partition coefficient (Wildman–Crippen LogP) is 5.23. The molecule has 0 bridgehead atoms. The average Bonchev–Trinajstić information content (AvgIpc) is 4.21. The molecule has 0 fully saturated rings. The number of aromatic amines is 1. The molecule has 0 radical (unpaired) electrons. The van der Waals surface area contributed by atoms with Crippen molar-refractivity contribution in [1.29, 1.82) is 0 Å². The van der Waals surface area contributed by atoms with Crippen molar-refractivity contribution < 1.29 is 38.3 Å². The number of urea groups is 1. The second-order valence-electron chi connectivity index (χ2n) is 19.7. The number of aromatic nitrogens is 3. The third-order valence-corrected chi connectivity index (χ3v) is 13.5. The molecule has 0 saturated carbocycles. The van der Waals surface area contributed by atoms with Crippen LogP contribution in [0.15, 0.2) is 96.2 Å². The first-order valence-corrected chi connectivity index (χ1v) is 25.9. The molecule has 2 unspecified atom stereocenters. The first-order valence-electron chi connectivity index (χ1n) is 25.9. The van der Waals surface area contributed by atoms with Crippen LogP contribution in [-0.4, -0.2) is 116 Å². The minimum Gasteiger partial charge on any atom is -0.445 e. The lowest BCUT2D eigenvalue weighted by Crippen LogP contribution is -2.54. The van der Waals surface area contributed by atoms with E-state index in [2.05, 4.69) is 47.9 Å². The number of nitrogens with two attached hydrogens (primary N) is 1. The average molecular weight is 1050 g/mol. The van der Waals surface area contributed by atoms with Crippen LogP contribution in [0, 0.1) is 12.8 Å². The Morgan fingerprint density at radius 3 is 2.42 bits per heavy atom. The Balaban J connectivity index is 0.802. The number of primary amides is 1. The number of nitrogens with zero attached hydrogens (tertiary/aromatic N) is 6. The van der Waals surface area contributed by atoms with Gasteiger partial charge in [0.15, 0.2) is 0 Å². The van der Waals surface area contributed by atoms with Crippen molar-refractivity contribution in [2.24, 2.45) is 16.6 Å². The van der Waals surface area contributed by atoms with Gasteiger partial charge in [-0.3, -0.25) is 38.9 Å². The van der Waals surface area contributed by atoms with E-state index in [1.807, 2.05) is 72.7 Å². The van der Waals surface area contributed by atoms with Gasteiger partial charge >= 0.3 is 12.1 Å². The number of hydrogen-bond donors (Lipinski definition) is 8. The Kier molecular flexibility index (Phi) is 17.9. The number of aryl methyl sites for hydroxylation is 2. The molecule has 9 N–H and O–H groups in total. The fourth-order valence-corrected chi connectivity index (χ4v) is 9.37. The standard InChI is InChI=1S/C55H66N14O8/c1-33(2)49(66-46(70)13-6-5-7-27-68-47(71)24-25-48(68)72)53(74)62-43(12-9-26-57-54(56)75)52(73)61-38-18-14-35(15-19-38)31-77-55(76)63-41-22-16-36-28-39(20-21-40(36)41)58-29-44-64-50(51(65-44)42-11-8-10-34(3)60-42)37-17-23-45-59-32-67(4)69(45)30-37/h8,10-11,14-15,17-21,23-25,28,30,33,41,43,49,58H,5-7,9,12-13,16,22,26-27,29,31-32H2,1-4H3,(H,61,73)(H,62,74)(H,63,76)(H,64,65)(H,66,70)(H3,56,57,75)/t41?,43?,49-/m0/s1. The second-order valence-corrected chi connectivity index (χ2v) is 19.7. The number of nitrogens with one attached hydrogen (secondary N) is 7.